The zero-order valence-electron chi connectivity index (χ0n) is 12.4. The molecule has 1 aliphatic heterocycles. The van der Waals surface area contributed by atoms with Crippen LogP contribution in [0.15, 0.2) is 18.2 Å². The fourth-order valence-electron chi connectivity index (χ4n) is 2.23. The Bertz CT molecular complexity index is 573. The van der Waals surface area contributed by atoms with E-state index in [1.807, 2.05) is 32.0 Å². The van der Waals surface area contributed by atoms with Crippen molar-refractivity contribution in [3.05, 3.63) is 29.3 Å². The standard InChI is InChI=1S/C15H20N2O4/c1-9-4-5-11(6-10(9)2)16-14(20)17-12-7-21-8-15(12,3)13(18)19/h4-6,12H,7-8H2,1-3H3,(H,18,19)(H2,16,17,20). The van der Waals surface area contributed by atoms with E-state index in [1.165, 1.54) is 0 Å². The van der Waals surface area contributed by atoms with Crippen molar-refractivity contribution in [3.63, 3.8) is 0 Å². The Labute approximate surface area is 123 Å². The lowest BCUT2D eigenvalue weighted by molar-refractivity contribution is -0.148. The van der Waals surface area contributed by atoms with Crippen LogP contribution in [-0.2, 0) is 9.53 Å². The van der Waals surface area contributed by atoms with Gasteiger partial charge in [0.25, 0.3) is 0 Å². The molecule has 21 heavy (non-hydrogen) atoms. The van der Waals surface area contributed by atoms with E-state index >= 15 is 0 Å². The van der Waals surface area contributed by atoms with Crippen LogP contribution in [0.3, 0.4) is 0 Å². The minimum absolute atomic E-state index is 0.0942. The Kier molecular flexibility index (Phi) is 4.18. The van der Waals surface area contributed by atoms with Gasteiger partial charge in [-0.1, -0.05) is 6.07 Å². The fraction of sp³-hybridized carbons (Fsp3) is 0.467. The summed E-state index contributed by atoms with van der Waals surface area (Å²) in [5, 5.41) is 14.7. The molecule has 2 atom stereocenters. The summed E-state index contributed by atoms with van der Waals surface area (Å²) in [6.45, 7) is 5.82. The molecule has 1 heterocycles. The van der Waals surface area contributed by atoms with E-state index in [1.54, 1.807) is 6.92 Å². The Balaban J connectivity index is 2.01. The van der Waals surface area contributed by atoms with Gasteiger partial charge in [-0.3, -0.25) is 4.79 Å². The molecular weight excluding hydrogens is 272 g/mol. The average Bonchev–Trinajstić information content (AvgIpc) is 2.77. The van der Waals surface area contributed by atoms with Crippen LogP contribution in [0.5, 0.6) is 0 Å². The van der Waals surface area contributed by atoms with E-state index in [2.05, 4.69) is 10.6 Å². The van der Waals surface area contributed by atoms with Crippen molar-refractivity contribution in [3.8, 4) is 0 Å². The number of urea groups is 1. The molecule has 0 aromatic heterocycles. The molecule has 0 saturated carbocycles. The molecule has 1 saturated heterocycles. The number of aliphatic carboxylic acids is 1. The van der Waals surface area contributed by atoms with Crippen LogP contribution < -0.4 is 10.6 Å². The van der Waals surface area contributed by atoms with Gasteiger partial charge in [0, 0.05) is 5.69 Å². The third-order valence-electron chi connectivity index (χ3n) is 4.01. The summed E-state index contributed by atoms with van der Waals surface area (Å²) in [5.74, 6) is -0.975. The molecule has 6 heteroatoms. The number of nitrogens with one attached hydrogen (secondary N) is 2. The third-order valence-corrected chi connectivity index (χ3v) is 4.01. The van der Waals surface area contributed by atoms with Crippen LogP contribution in [-0.4, -0.2) is 36.4 Å². The number of hydrogen-bond acceptors (Lipinski definition) is 3. The number of benzene rings is 1. The topological polar surface area (TPSA) is 87.7 Å². The molecular formula is C15H20N2O4. The van der Waals surface area contributed by atoms with E-state index < -0.39 is 23.5 Å². The molecule has 1 aliphatic rings. The zero-order chi connectivity index (χ0) is 15.6. The van der Waals surface area contributed by atoms with Gasteiger partial charge in [-0.2, -0.15) is 0 Å². The molecule has 2 rings (SSSR count). The van der Waals surface area contributed by atoms with Crippen molar-refractivity contribution in [2.24, 2.45) is 5.41 Å². The largest absolute Gasteiger partial charge is 0.481 e. The highest BCUT2D eigenvalue weighted by atomic mass is 16.5. The quantitative estimate of drug-likeness (QED) is 0.794. The molecule has 0 bridgehead atoms. The predicted octanol–water partition coefficient (Wildman–Crippen LogP) is 1.91. The number of aryl methyl sites for hydroxylation is 2. The summed E-state index contributed by atoms with van der Waals surface area (Å²) in [7, 11) is 0. The average molecular weight is 292 g/mol. The van der Waals surface area contributed by atoms with Crippen LogP contribution in [0.1, 0.15) is 18.1 Å². The van der Waals surface area contributed by atoms with Gasteiger partial charge in [0.2, 0.25) is 0 Å². The number of amides is 2. The maximum atomic E-state index is 12.0. The second-order valence-electron chi connectivity index (χ2n) is 5.69. The molecule has 114 valence electrons. The predicted molar refractivity (Wildman–Crippen MR) is 78.4 cm³/mol. The van der Waals surface area contributed by atoms with Gasteiger partial charge in [0.05, 0.1) is 19.3 Å². The SMILES string of the molecule is Cc1ccc(NC(=O)NC2COCC2(C)C(=O)O)cc1C. The van der Waals surface area contributed by atoms with Crippen LogP contribution in [0.4, 0.5) is 10.5 Å². The Morgan fingerprint density at radius 3 is 2.67 bits per heavy atom. The Morgan fingerprint density at radius 2 is 2.05 bits per heavy atom. The van der Waals surface area contributed by atoms with Crippen LogP contribution >= 0.6 is 0 Å². The maximum Gasteiger partial charge on any atom is 0.319 e. The third kappa shape index (κ3) is 3.16. The molecule has 1 fully saturated rings. The highest BCUT2D eigenvalue weighted by molar-refractivity contribution is 5.90. The van der Waals surface area contributed by atoms with Gasteiger partial charge in [-0.05, 0) is 44.0 Å². The summed E-state index contributed by atoms with van der Waals surface area (Å²) in [4.78, 5) is 23.3. The molecule has 0 radical (unpaired) electrons. The van der Waals surface area contributed by atoms with Gasteiger partial charge in [-0.15, -0.1) is 0 Å². The Hall–Kier alpha value is -2.08. The lowest BCUT2D eigenvalue weighted by Crippen LogP contribution is -2.50. The number of hydrogen-bond donors (Lipinski definition) is 3. The van der Waals surface area contributed by atoms with Gasteiger partial charge >= 0.3 is 12.0 Å². The monoisotopic (exact) mass is 292 g/mol. The summed E-state index contributed by atoms with van der Waals surface area (Å²) < 4.78 is 5.20. The lowest BCUT2D eigenvalue weighted by Gasteiger charge is -2.25. The van der Waals surface area contributed by atoms with Gasteiger partial charge in [0.1, 0.15) is 5.41 Å². The van der Waals surface area contributed by atoms with E-state index in [4.69, 9.17) is 4.74 Å². The first-order valence-corrected chi connectivity index (χ1v) is 6.79. The summed E-state index contributed by atoms with van der Waals surface area (Å²) in [6, 6.07) is 4.62. The normalized spacial score (nSPS) is 24.6. The molecule has 1 aromatic carbocycles. The summed E-state index contributed by atoms with van der Waals surface area (Å²) in [6.07, 6.45) is 0. The number of anilines is 1. The molecule has 1 aromatic rings. The minimum atomic E-state index is -1.10. The number of carbonyl (C=O) groups excluding carboxylic acids is 1. The van der Waals surface area contributed by atoms with Crippen LogP contribution in [0, 0.1) is 19.3 Å². The highest BCUT2D eigenvalue weighted by Crippen LogP contribution is 2.28. The highest BCUT2D eigenvalue weighted by Gasteiger charge is 2.47. The zero-order valence-corrected chi connectivity index (χ0v) is 12.4. The molecule has 0 spiro atoms. The number of ether oxygens (including phenoxy) is 1. The van der Waals surface area contributed by atoms with Gasteiger partial charge in [-0.25, -0.2) is 4.79 Å². The number of carboxylic acids is 1. The molecule has 2 amide bonds. The number of carboxylic acid groups (broad SMARTS) is 1. The maximum absolute atomic E-state index is 12.0. The van der Waals surface area contributed by atoms with Crippen molar-refractivity contribution in [2.75, 3.05) is 18.5 Å². The van der Waals surface area contributed by atoms with Crippen LogP contribution in [0.2, 0.25) is 0 Å². The van der Waals surface area contributed by atoms with Crippen molar-refractivity contribution < 1.29 is 19.4 Å². The minimum Gasteiger partial charge on any atom is -0.481 e. The first-order valence-electron chi connectivity index (χ1n) is 6.79. The van der Waals surface area contributed by atoms with Crippen molar-refractivity contribution in [1.29, 1.82) is 0 Å². The van der Waals surface area contributed by atoms with E-state index in [-0.39, 0.29) is 13.2 Å². The molecule has 2 unspecified atom stereocenters. The first kappa shape index (κ1) is 15.3. The van der Waals surface area contributed by atoms with Crippen molar-refractivity contribution in [1.82, 2.24) is 5.32 Å². The second-order valence-corrected chi connectivity index (χ2v) is 5.69. The molecule has 0 aliphatic carbocycles. The molecule has 3 N–H and O–H groups in total. The van der Waals surface area contributed by atoms with Crippen LogP contribution in [0.25, 0.3) is 0 Å². The van der Waals surface area contributed by atoms with Crippen molar-refractivity contribution >= 4 is 17.7 Å². The summed E-state index contributed by atoms with van der Waals surface area (Å²) in [5.41, 5.74) is 1.79. The number of rotatable bonds is 3. The number of carbonyl (C=O) groups is 2. The first-order chi connectivity index (χ1) is 9.83. The van der Waals surface area contributed by atoms with Gasteiger partial charge < -0.3 is 20.5 Å². The van der Waals surface area contributed by atoms with Crippen molar-refractivity contribution in [2.45, 2.75) is 26.8 Å². The smallest absolute Gasteiger partial charge is 0.319 e. The lowest BCUT2D eigenvalue weighted by atomic mass is 9.85. The van der Waals surface area contributed by atoms with Gasteiger partial charge in [0.15, 0.2) is 0 Å². The fourth-order valence-corrected chi connectivity index (χ4v) is 2.23. The summed E-state index contributed by atoms with van der Waals surface area (Å²) >= 11 is 0. The van der Waals surface area contributed by atoms with E-state index in [0.717, 1.165) is 11.1 Å². The van der Waals surface area contributed by atoms with E-state index in [0.29, 0.717) is 5.69 Å². The molecule has 6 nitrogen and oxygen atoms in total. The Morgan fingerprint density at radius 1 is 1.33 bits per heavy atom. The second kappa shape index (κ2) is 5.73. The van der Waals surface area contributed by atoms with E-state index in [9.17, 15) is 14.7 Å².